The van der Waals surface area contributed by atoms with Crippen molar-refractivity contribution in [3.05, 3.63) is 58.7 Å². The van der Waals surface area contributed by atoms with Crippen molar-refractivity contribution in [1.29, 1.82) is 0 Å². The van der Waals surface area contributed by atoms with Crippen molar-refractivity contribution >= 4 is 11.9 Å². The van der Waals surface area contributed by atoms with E-state index in [1.807, 2.05) is 6.08 Å². The zero-order chi connectivity index (χ0) is 14.0. The number of carbonyl (C=O) groups is 2. The molecule has 20 heavy (non-hydrogen) atoms. The minimum absolute atomic E-state index is 0.0281. The molecule has 100 valence electrons. The molecule has 0 fully saturated rings. The van der Waals surface area contributed by atoms with Crippen LogP contribution in [0.2, 0.25) is 0 Å². The molecule has 1 aromatic carbocycles. The van der Waals surface area contributed by atoms with E-state index in [1.165, 1.54) is 6.07 Å². The minimum Gasteiger partial charge on any atom is -0.478 e. The molecule has 4 atom stereocenters. The van der Waals surface area contributed by atoms with E-state index in [1.54, 1.807) is 6.07 Å². The zero-order valence-corrected chi connectivity index (χ0v) is 10.5. The molecule has 4 rings (SSSR count). The summed E-state index contributed by atoms with van der Waals surface area (Å²) in [6, 6.07) is 3.21. The van der Waals surface area contributed by atoms with Gasteiger partial charge in [-0.3, -0.25) is 0 Å². The zero-order valence-electron chi connectivity index (χ0n) is 10.5. The summed E-state index contributed by atoms with van der Waals surface area (Å²) in [6.45, 7) is 0. The minimum atomic E-state index is -1.18. The fraction of sp³-hybridized carbons (Fsp3) is 0.250. The molecule has 0 radical (unpaired) electrons. The van der Waals surface area contributed by atoms with Crippen LogP contribution in [0.25, 0.3) is 0 Å². The van der Waals surface area contributed by atoms with Crippen LogP contribution >= 0.6 is 0 Å². The molecule has 0 unspecified atom stereocenters. The summed E-state index contributed by atoms with van der Waals surface area (Å²) >= 11 is 0. The van der Waals surface area contributed by atoms with Crippen molar-refractivity contribution in [2.24, 2.45) is 11.8 Å². The second-order valence-electron chi connectivity index (χ2n) is 5.58. The van der Waals surface area contributed by atoms with Crippen molar-refractivity contribution in [2.75, 3.05) is 0 Å². The van der Waals surface area contributed by atoms with Crippen LogP contribution in [-0.4, -0.2) is 22.2 Å². The van der Waals surface area contributed by atoms with Gasteiger partial charge in [0.25, 0.3) is 0 Å². The van der Waals surface area contributed by atoms with E-state index in [2.05, 4.69) is 18.2 Å². The lowest BCUT2D eigenvalue weighted by molar-refractivity contribution is 0.0650. The van der Waals surface area contributed by atoms with E-state index < -0.39 is 11.9 Å². The van der Waals surface area contributed by atoms with Crippen LogP contribution < -0.4 is 0 Å². The van der Waals surface area contributed by atoms with Crippen molar-refractivity contribution < 1.29 is 19.8 Å². The van der Waals surface area contributed by atoms with Crippen LogP contribution in [0.5, 0.6) is 0 Å². The topological polar surface area (TPSA) is 74.6 Å². The third kappa shape index (κ3) is 1.21. The van der Waals surface area contributed by atoms with Gasteiger partial charge >= 0.3 is 11.9 Å². The first-order valence-corrected chi connectivity index (χ1v) is 6.59. The highest BCUT2D eigenvalue weighted by molar-refractivity contribution is 6.03. The van der Waals surface area contributed by atoms with Gasteiger partial charge in [0, 0.05) is 11.8 Å². The van der Waals surface area contributed by atoms with Crippen LogP contribution in [0.15, 0.2) is 36.4 Å². The molecule has 0 spiro atoms. The molecule has 1 aromatic rings. The Morgan fingerprint density at radius 2 is 1.60 bits per heavy atom. The molecular weight excluding hydrogens is 256 g/mol. The van der Waals surface area contributed by atoms with Crippen molar-refractivity contribution in [3.63, 3.8) is 0 Å². The average molecular weight is 268 g/mol. The van der Waals surface area contributed by atoms with Gasteiger partial charge in [-0.2, -0.15) is 0 Å². The second-order valence-corrected chi connectivity index (χ2v) is 5.58. The van der Waals surface area contributed by atoms with Gasteiger partial charge in [-0.15, -0.1) is 0 Å². The Morgan fingerprint density at radius 1 is 0.900 bits per heavy atom. The van der Waals surface area contributed by atoms with Crippen molar-refractivity contribution in [2.45, 2.75) is 11.8 Å². The molecule has 0 aliphatic heterocycles. The number of benzene rings is 1. The summed E-state index contributed by atoms with van der Waals surface area (Å²) in [5.41, 5.74) is 1.53. The Kier molecular flexibility index (Phi) is 2.06. The molecule has 0 saturated heterocycles. The van der Waals surface area contributed by atoms with Crippen molar-refractivity contribution in [3.8, 4) is 0 Å². The number of allylic oxidation sites excluding steroid dienone is 4. The summed E-state index contributed by atoms with van der Waals surface area (Å²) in [4.78, 5) is 22.9. The number of aromatic carboxylic acids is 2. The summed E-state index contributed by atoms with van der Waals surface area (Å²) < 4.78 is 0. The maximum atomic E-state index is 11.6. The number of hydrogen-bond acceptors (Lipinski definition) is 2. The summed E-state index contributed by atoms with van der Waals surface area (Å²) in [5, 5.41) is 18.7. The third-order valence-electron chi connectivity index (χ3n) is 4.77. The highest BCUT2D eigenvalue weighted by Crippen LogP contribution is 2.59. The van der Waals surface area contributed by atoms with Gasteiger partial charge in [-0.1, -0.05) is 30.4 Å². The number of hydrogen-bond donors (Lipinski definition) is 2. The maximum Gasteiger partial charge on any atom is 0.336 e. The lowest BCUT2D eigenvalue weighted by atomic mass is 9.87. The highest BCUT2D eigenvalue weighted by atomic mass is 16.4. The maximum absolute atomic E-state index is 11.6. The second kappa shape index (κ2) is 3.60. The molecule has 4 heteroatoms. The summed E-state index contributed by atoms with van der Waals surface area (Å²) in [5.74, 6) is -1.40. The van der Waals surface area contributed by atoms with Crippen molar-refractivity contribution in [1.82, 2.24) is 0 Å². The van der Waals surface area contributed by atoms with Gasteiger partial charge in [-0.05, 0) is 29.0 Å². The van der Waals surface area contributed by atoms with E-state index in [9.17, 15) is 19.8 Å². The molecule has 0 heterocycles. The lowest BCUT2D eigenvalue weighted by Crippen LogP contribution is -2.13. The van der Waals surface area contributed by atoms with Crippen LogP contribution in [0.4, 0.5) is 0 Å². The Hall–Kier alpha value is -2.36. The van der Waals surface area contributed by atoms with Gasteiger partial charge in [0.05, 0.1) is 11.1 Å². The average Bonchev–Trinajstić information content (AvgIpc) is 3.05. The van der Waals surface area contributed by atoms with E-state index in [4.69, 9.17) is 0 Å². The largest absolute Gasteiger partial charge is 0.478 e. The van der Waals surface area contributed by atoms with Gasteiger partial charge in [-0.25, -0.2) is 9.59 Å². The molecule has 0 amide bonds. The van der Waals surface area contributed by atoms with E-state index in [-0.39, 0.29) is 23.0 Å². The molecule has 2 N–H and O–H groups in total. The van der Waals surface area contributed by atoms with Crippen LogP contribution in [-0.2, 0) is 0 Å². The van der Waals surface area contributed by atoms with Gasteiger partial charge in [0.2, 0.25) is 0 Å². The Labute approximate surface area is 115 Å². The Balaban J connectivity index is 2.03. The Bertz CT molecular complexity index is 713. The molecule has 0 bridgehead atoms. The molecule has 4 nitrogen and oxygen atoms in total. The first-order chi connectivity index (χ1) is 9.59. The number of carboxylic acids is 2. The smallest absolute Gasteiger partial charge is 0.336 e. The standard InChI is InChI=1S/C16H12O4/c17-15(18)11-6-5-9-8-3-1-7-2-4-10(12(7)8)13(9)14(11)16(19)20/h1-8,10,12H,(H,17,18)(H,19,20)/t7-,8-,10+,12-/m0/s1. The monoisotopic (exact) mass is 268 g/mol. The SMILES string of the molecule is O=C(O)c1ccc2c(c1C(=O)O)[C@@H]1C=C[C@@H]3C=C[C@@H]2[C@H]31. The first kappa shape index (κ1) is 11.5. The lowest BCUT2D eigenvalue weighted by Gasteiger charge is -2.15. The third-order valence-corrected chi connectivity index (χ3v) is 4.77. The quantitative estimate of drug-likeness (QED) is 0.808. The normalized spacial score (nSPS) is 31.4. The number of fused-ring (bicyclic) bond motifs is 3. The van der Waals surface area contributed by atoms with E-state index in [0.29, 0.717) is 17.4 Å². The van der Waals surface area contributed by atoms with Crippen LogP contribution in [0.3, 0.4) is 0 Å². The highest BCUT2D eigenvalue weighted by Gasteiger charge is 2.49. The van der Waals surface area contributed by atoms with Crippen LogP contribution in [0.1, 0.15) is 43.7 Å². The van der Waals surface area contributed by atoms with Crippen LogP contribution in [0, 0.1) is 11.8 Å². The predicted octanol–water partition coefficient (Wildman–Crippen LogP) is 2.64. The molecule has 0 aromatic heterocycles. The first-order valence-electron chi connectivity index (χ1n) is 6.59. The molecular formula is C16H12O4. The van der Waals surface area contributed by atoms with Gasteiger partial charge in [0.1, 0.15) is 0 Å². The number of carboxylic acid groups (broad SMARTS) is 2. The van der Waals surface area contributed by atoms with E-state index in [0.717, 1.165) is 5.56 Å². The van der Waals surface area contributed by atoms with Gasteiger partial charge < -0.3 is 10.2 Å². The summed E-state index contributed by atoms with van der Waals surface area (Å²) in [6.07, 6.45) is 8.44. The fourth-order valence-electron chi connectivity index (χ4n) is 4.07. The molecule has 3 aliphatic carbocycles. The fourth-order valence-corrected chi connectivity index (χ4v) is 4.07. The molecule has 0 saturated carbocycles. The van der Waals surface area contributed by atoms with E-state index >= 15 is 0 Å². The van der Waals surface area contributed by atoms with Gasteiger partial charge in [0.15, 0.2) is 0 Å². The molecule has 3 aliphatic rings. The number of rotatable bonds is 2. The summed E-state index contributed by atoms with van der Waals surface area (Å²) in [7, 11) is 0. The Morgan fingerprint density at radius 3 is 2.25 bits per heavy atom. The predicted molar refractivity (Wildman–Crippen MR) is 71.1 cm³/mol.